The van der Waals surface area contributed by atoms with Crippen molar-refractivity contribution >= 4 is 11.7 Å². The molecule has 1 N–H and O–H groups in total. The Balaban J connectivity index is 1.67. The van der Waals surface area contributed by atoms with Gasteiger partial charge in [-0.15, -0.1) is 0 Å². The molecule has 0 atom stereocenters. The van der Waals surface area contributed by atoms with E-state index < -0.39 is 0 Å². The first-order valence-corrected chi connectivity index (χ1v) is 10.7. The van der Waals surface area contributed by atoms with Gasteiger partial charge in [-0.05, 0) is 24.7 Å². The molecule has 2 heterocycles. The minimum atomic E-state index is -0.331. The molecule has 0 unspecified atom stereocenters. The van der Waals surface area contributed by atoms with Crippen LogP contribution in [0.4, 0.5) is 5.82 Å². The summed E-state index contributed by atoms with van der Waals surface area (Å²) in [6.45, 7) is 12.8. The van der Waals surface area contributed by atoms with Gasteiger partial charge >= 0.3 is 0 Å². The number of rotatable bonds is 5. The fourth-order valence-electron chi connectivity index (χ4n) is 3.64. The molecule has 2 aromatic rings. The van der Waals surface area contributed by atoms with Crippen molar-refractivity contribution in [2.24, 2.45) is 11.3 Å². The van der Waals surface area contributed by atoms with E-state index in [4.69, 9.17) is 9.97 Å². The molecule has 3 rings (SSSR count). The number of piperidine rings is 1. The first kappa shape index (κ1) is 21.3. The van der Waals surface area contributed by atoms with Crippen LogP contribution in [0.5, 0.6) is 0 Å². The Labute approximate surface area is 175 Å². The van der Waals surface area contributed by atoms with E-state index in [-0.39, 0.29) is 11.3 Å². The molecule has 1 saturated heterocycles. The Kier molecular flexibility index (Phi) is 6.56. The highest BCUT2D eigenvalue weighted by molar-refractivity contribution is 5.81. The molecule has 0 spiro atoms. The number of nitrogens with one attached hydrogen (secondary N) is 1. The number of amides is 1. The third-order valence-electron chi connectivity index (χ3n) is 5.55. The second-order valence-corrected chi connectivity index (χ2v) is 9.37. The number of benzene rings is 1. The van der Waals surface area contributed by atoms with Gasteiger partial charge in [-0.25, -0.2) is 4.98 Å². The van der Waals surface area contributed by atoms with Gasteiger partial charge in [0.05, 0.1) is 17.6 Å². The van der Waals surface area contributed by atoms with Crippen LogP contribution in [-0.4, -0.2) is 35.5 Å². The zero-order chi connectivity index (χ0) is 21.0. The first-order chi connectivity index (χ1) is 13.8. The molecular weight excluding hydrogens is 360 g/mol. The monoisotopic (exact) mass is 394 g/mol. The summed E-state index contributed by atoms with van der Waals surface area (Å²) in [5, 5.41) is 3.11. The van der Waals surface area contributed by atoms with Gasteiger partial charge in [-0.1, -0.05) is 65.0 Å². The highest BCUT2D eigenvalue weighted by atomic mass is 16.2. The summed E-state index contributed by atoms with van der Waals surface area (Å²) < 4.78 is 0. The van der Waals surface area contributed by atoms with Gasteiger partial charge in [0, 0.05) is 30.6 Å². The molecule has 1 aliphatic rings. The van der Waals surface area contributed by atoms with Crippen LogP contribution in [0.25, 0.3) is 11.3 Å². The second kappa shape index (κ2) is 8.93. The minimum absolute atomic E-state index is 0.127. The van der Waals surface area contributed by atoms with Crippen molar-refractivity contribution in [2.45, 2.75) is 53.4 Å². The third kappa shape index (κ3) is 5.34. The second-order valence-electron chi connectivity index (χ2n) is 9.37. The zero-order valence-electron chi connectivity index (χ0n) is 18.4. The van der Waals surface area contributed by atoms with Crippen LogP contribution < -0.4 is 10.2 Å². The number of aromatic nitrogens is 2. The van der Waals surface area contributed by atoms with E-state index in [1.807, 2.05) is 45.2 Å². The van der Waals surface area contributed by atoms with Crippen molar-refractivity contribution in [3.8, 4) is 11.3 Å². The van der Waals surface area contributed by atoms with E-state index in [1.54, 1.807) is 0 Å². The maximum absolute atomic E-state index is 12.1. The number of nitrogens with zero attached hydrogens (tertiary/aromatic N) is 3. The summed E-state index contributed by atoms with van der Waals surface area (Å²) in [6.07, 6.45) is 4.03. The van der Waals surface area contributed by atoms with Crippen LogP contribution in [0.2, 0.25) is 0 Å². The van der Waals surface area contributed by atoms with Crippen molar-refractivity contribution in [2.75, 3.05) is 24.5 Å². The molecule has 0 saturated carbocycles. The molecule has 1 fully saturated rings. The minimum Gasteiger partial charge on any atom is -0.355 e. The SMILES string of the molecule is CC(C)c1ncc(N2CCC(CNC(=O)C(C)(C)C)CC2)nc1-c1ccccc1. The van der Waals surface area contributed by atoms with E-state index in [2.05, 4.69) is 36.2 Å². The summed E-state index contributed by atoms with van der Waals surface area (Å²) in [5.41, 5.74) is 2.81. The lowest BCUT2D eigenvalue weighted by molar-refractivity contribution is -0.128. The topological polar surface area (TPSA) is 58.1 Å². The molecule has 29 heavy (non-hydrogen) atoms. The number of hydrogen-bond donors (Lipinski definition) is 1. The van der Waals surface area contributed by atoms with E-state index in [0.717, 1.165) is 55.2 Å². The lowest BCUT2D eigenvalue weighted by atomic mass is 9.93. The molecule has 1 aromatic heterocycles. The van der Waals surface area contributed by atoms with Crippen LogP contribution in [0.1, 0.15) is 59.1 Å². The fraction of sp³-hybridized carbons (Fsp3) is 0.542. The normalized spacial score (nSPS) is 15.6. The molecule has 0 aliphatic carbocycles. The van der Waals surface area contributed by atoms with Crippen molar-refractivity contribution in [1.29, 1.82) is 0 Å². The zero-order valence-corrected chi connectivity index (χ0v) is 18.4. The molecular formula is C24H34N4O. The summed E-state index contributed by atoms with van der Waals surface area (Å²) in [7, 11) is 0. The average molecular weight is 395 g/mol. The first-order valence-electron chi connectivity index (χ1n) is 10.7. The van der Waals surface area contributed by atoms with Gasteiger partial charge in [0.2, 0.25) is 5.91 Å². The highest BCUT2D eigenvalue weighted by Gasteiger charge is 2.25. The van der Waals surface area contributed by atoms with Crippen LogP contribution in [0.15, 0.2) is 36.5 Å². The van der Waals surface area contributed by atoms with Crippen LogP contribution in [-0.2, 0) is 4.79 Å². The highest BCUT2D eigenvalue weighted by Crippen LogP contribution is 2.29. The standard InChI is InChI=1S/C24H34N4O/c1-17(2)21-22(19-9-7-6-8-10-19)27-20(16-25-21)28-13-11-18(12-14-28)15-26-23(29)24(3,4)5/h6-10,16-18H,11-15H2,1-5H3,(H,26,29). The van der Waals surface area contributed by atoms with Gasteiger partial charge in [0.25, 0.3) is 0 Å². The van der Waals surface area contributed by atoms with Gasteiger partial charge in [0.1, 0.15) is 5.82 Å². The van der Waals surface area contributed by atoms with E-state index in [0.29, 0.717) is 11.8 Å². The number of carbonyl (C=O) groups excluding carboxylic acids is 1. The predicted molar refractivity (Wildman–Crippen MR) is 119 cm³/mol. The molecule has 5 nitrogen and oxygen atoms in total. The van der Waals surface area contributed by atoms with Crippen molar-refractivity contribution in [3.05, 3.63) is 42.2 Å². The van der Waals surface area contributed by atoms with Gasteiger partial charge in [-0.3, -0.25) is 9.78 Å². The molecule has 0 bridgehead atoms. The largest absolute Gasteiger partial charge is 0.355 e. The van der Waals surface area contributed by atoms with Gasteiger partial charge in [-0.2, -0.15) is 0 Å². The average Bonchev–Trinajstić information content (AvgIpc) is 2.71. The Bertz CT molecular complexity index is 819. The summed E-state index contributed by atoms with van der Waals surface area (Å²) in [5.74, 6) is 1.92. The number of carbonyl (C=O) groups is 1. The summed E-state index contributed by atoms with van der Waals surface area (Å²) in [4.78, 5) is 24.2. The number of anilines is 1. The fourth-order valence-corrected chi connectivity index (χ4v) is 3.64. The quantitative estimate of drug-likeness (QED) is 0.802. The molecule has 1 aromatic carbocycles. The Hall–Kier alpha value is -2.43. The van der Waals surface area contributed by atoms with Gasteiger partial charge in [0.15, 0.2) is 0 Å². The van der Waals surface area contributed by atoms with Crippen molar-refractivity contribution in [1.82, 2.24) is 15.3 Å². The Morgan fingerprint density at radius 3 is 2.41 bits per heavy atom. The van der Waals surface area contributed by atoms with E-state index in [9.17, 15) is 4.79 Å². The maximum atomic E-state index is 12.1. The summed E-state index contributed by atoms with van der Waals surface area (Å²) >= 11 is 0. The van der Waals surface area contributed by atoms with E-state index in [1.165, 1.54) is 0 Å². The van der Waals surface area contributed by atoms with Crippen molar-refractivity contribution in [3.63, 3.8) is 0 Å². The van der Waals surface area contributed by atoms with Gasteiger partial charge < -0.3 is 10.2 Å². The third-order valence-corrected chi connectivity index (χ3v) is 5.55. The molecule has 5 heteroatoms. The lowest BCUT2D eigenvalue weighted by Crippen LogP contribution is -2.42. The number of hydrogen-bond acceptors (Lipinski definition) is 4. The Morgan fingerprint density at radius 1 is 1.17 bits per heavy atom. The van der Waals surface area contributed by atoms with E-state index >= 15 is 0 Å². The van der Waals surface area contributed by atoms with Crippen LogP contribution in [0, 0.1) is 11.3 Å². The molecule has 156 valence electrons. The predicted octanol–water partition coefficient (Wildman–Crippen LogP) is 4.65. The lowest BCUT2D eigenvalue weighted by Gasteiger charge is -2.33. The molecule has 1 aliphatic heterocycles. The summed E-state index contributed by atoms with van der Waals surface area (Å²) in [6, 6.07) is 10.3. The molecule has 0 radical (unpaired) electrons. The molecule has 1 amide bonds. The van der Waals surface area contributed by atoms with Crippen molar-refractivity contribution < 1.29 is 4.79 Å². The van der Waals surface area contributed by atoms with Crippen LogP contribution >= 0.6 is 0 Å². The van der Waals surface area contributed by atoms with Crippen LogP contribution in [0.3, 0.4) is 0 Å². The maximum Gasteiger partial charge on any atom is 0.225 e. The Morgan fingerprint density at radius 2 is 1.83 bits per heavy atom. The smallest absolute Gasteiger partial charge is 0.225 e.